The summed E-state index contributed by atoms with van der Waals surface area (Å²) < 4.78 is 9.83. The Balaban J connectivity index is 2.73. The van der Waals surface area contributed by atoms with E-state index in [9.17, 15) is 9.59 Å². The third-order valence-electron chi connectivity index (χ3n) is 1.92. The van der Waals surface area contributed by atoms with Gasteiger partial charge in [-0.3, -0.25) is 4.79 Å². The second-order valence-electron chi connectivity index (χ2n) is 3.70. The minimum atomic E-state index is -0.857. The van der Waals surface area contributed by atoms with E-state index < -0.39 is 11.2 Å². The quantitative estimate of drug-likeness (QED) is 0.879. The molecule has 1 N–H and O–H groups in total. The van der Waals surface area contributed by atoms with Gasteiger partial charge in [-0.25, -0.2) is 4.79 Å². The minimum Gasteiger partial charge on any atom is -0.424 e. The van der Waals surface area contributed by atoms with Crippen LogP contribution in [0.1, 0.15) is 13.8 Å². The van der Waals surface area contributed by atoms with Crippen molar-refractivity contribution in [1.82, 2.24) is 4.98 Å². The predicted octanol–water partition coefficient (Wildman–Crippen LogP) is 1.61. The molecule has 17 heavy (non-hydrogen) atoms. The molecule has 0 unspecified atom stereocenters. The Morgan fingerprint density at radius 3 is 2.71 bits per heavy atom. The van der Waals surface area contributed by atoms with E-state index in [1.807, 2.05) is 13.8 Å². The molecule has 90 valence electrons. The van der Waals surface area contributed by atoms with Gasteiger partial charge in [0.2, 0.25) is 5.22 Å². The topological polar surface area (TPSA) is 85.3 Å². The maximum Gasteiger partial charge on any atom is 0.353 e. The van der Waals surface area contributed by atoms with Crippen molar-refractivity contribution >= 4 is 28.6 Å². The molecule has 7 heteroatoms. The van der Waals surface area contributed by atoms with Gasteiger partial charge in [0.05, 0.1) is 0 Å². The van der Waals surface area contributed by atoms with Gasteiger partial charge in [0.1, 0.15) is 0 Å². The van der Waals surface area contributed by atoms with Crippen LogP contribution in [0, 0.1) is 0 Å². The van der Waals surface area contributed by atoms with Gasteiger partial charge >= 0.3 is 5.63 Å². The monoisotopic (exact) mass is 256 g/mol. The number of hydrogen-bond donors (Lipinski definition) is 1. The fourth-order valence-electron chi connectivity index (χ4n) is 1.30. The first-order valence-electron chi connectivity index (χ1n) is 4.88. The van der Waals surface area contributed by atoms with E-state index in [0.29, 0.717) is 0 Å². The normalized spacial score (nSPS) is 11.1. The summed E-state index contributed by atoms with van der Waals surface area (Å²) in [5, 5.41) is 2.43. The van der Waals surface area contributed by atoms with Gasteiger partial charge in [0.25, 0.3) is 11.6 Å². The lowest BCUT2D eigenvalue weighted by Gasteiger charge is -2.06. The average Bonchev–Trinajstić information content (AvgIpc) is 2.13. The molecule has 0 saturated carbocycles. The molecule has 0 bridgehead atoms. The first-order chi connectivity index (χ1) is 7.97. The average molecular weight is 257 g/mol. The van der Waals surface area contributed by atoms with Gasteiger partial charge < -0.3 is 14.2 Å². The van der Waals surface area contributed by atoms with Crippen molar-refractivity contribution in [1.29, 1.82) is 0 Å². The molecule has 0 aliphatic rings. The van der Waals surface area contributed by atoms with E-state index in [-0.39, 0.29) is 28.2 Å². The molecule has 0 spiro atoms. The van der Waals surface area contributed by atoms with Crippen LogP contribution in [0.15, 0.2) is 24.5 Å². The number of nitrogens with one attached hydrogen (secondary N) is 1. The number of rotatable bonds is 2. The van der Waals surface area contributed by atoms with Crippen molar-refractivity contribution in [2.45, 2.75) is 19.9 Å². The summed E-state index contributed by atoms with van der Waals surface area (Å²) >= 11 is 5.56. The molecule has 0 aliphatic carbocycles. The Morgan fingerprint density at radius 1 is 1.35 bits per heavy atom. The Kier molecular flexibility index (Phi) is 2.89. The highest BCUT2D eigenvalue weighted by Gasteiger charge is 2.13. The van der Waals surface area contributed by atoms with E-state index >= 15 is 0 Å². The van der Waals surface area contributed by atoms with Crippen LogP contribution in [-0.2, 0) is 0 Å². The maximum atomic E-state index is 11.6. The SMILES string of the molecule is CC(C)Nc1nc(=O)c2c(=O)oc(Cl)cc2o1. The van der Waals surface area contributed by atoms with Gasteiger partial charge in [-0.1, -0.05) is 0 Å². The van der Waals surface area contributed by atoms with Gasteiger partial charge in [0, 0.05) is 12.1 Å². The minimum absolute atomic E-state index is 0.0405. The number of fused-ring (bicyclic) bond motifs is 1. The molecule has 2 heterocycles. The fourth-order valence-corrected chi connectivity index (χ4v) is 1.47. The predicted molar refractivity (Wildman–Crippen MR) is 62.6 cm³/mol. The van der Waals surface area contributed by atoms with Crippen LogP contribution in [0.4, 0.5) is 6.01 Å². The molecular formula is C10H9ClN2O4. The molecule has 0 aromatic carbocycles. The Labute approximate surface area is 100 Å². The van der Waals surface area contributed by atoms with E-state index in [4.69, 9.17) is 16.0 Å². The van der Waals surface area contributed by atoms with Gasteiger partial charge in [0.15, 0.2) is 11.0 Å². The highest BCUT2D eigenvalue weighted by molar-refractivity contribution is 6.29. The van der Waals surface area contributed by atoms with Crippen molar-refractivity contribution in [2.24, 2.45) is 0 Å². The number of nitrogens with zero attached hydrogens (tertiary/aromatic N) is 1. The molecule has 0 fully saturated rings. The summed E-state index contributed by atoms with van der Waals surface area (Å²) in [5.74, 6) is 0. The van der Waals surface area contributed by atoms with Gasteiger partial charge in [-0.2, -0.15) is 4.98 Å². The Morgan fingerprint density at radius 2 is 2.06 bits per heavy atom. The van der Waals surface area contributed by atoms with Crippen LogP contribution in [0.5, 0.6) is 0 Å². The molecule has 0 amide bonds. The van der Waals surface area contributed by atoms with E-state index in [2.05, 4.69) is 14.7 Å². The van der Waals surface area contributed by atoms with E-state index in [1.165, 1.54) is 6.07 Å². The van der Waals surface area contributed by atoms with Crippen LogP contribution >= 0.6 is 11.6 Å². The Hall–Kier alpha value is -1.82. The number of aromatic nitrogens is 1. The van der Waals surface area contributed by atoms with Crippen molar-refractivity contribution in [3.05, 3.63) is 32.1 Å². The van der Waals surface area contributed by atoms with E-state index in [1.54, 1.807) is 0 Å². The summed E-state index contributed by atoms with van der Waals surface area (Å²) in [6, 6.07) is 1.34. The maximum absolute atomic E-state index is 11.6. The second-order valence-corrected chi connectivity index (χ2v) is 4.07. The largest absolute Gasteiger partial charge is 0.424 e. The van der Waals surface area contributed by atoms with Crippen LogP contribution in [0.25, 0.3) is 11.0 Å². The van der Waals surface area contributed by atoms with Crippen LogP contribution in [0.2, 0.25) is 5.22 Å². The molecule has 0 saturated heterocycles. The van der Waals surface area contributed by atoms with Crippen LogP contribution < -0.4 is 16.5 Å². The third kappa shape index (κ3) is 2.31. The van der Waals surface area contributed by atoms with Gasteiger partial charge in [-0.15, -0.1) is 0 Å². The van der Waals surface area contributed by atoms with Crippen molar-refractivity contribution in [3.8, 4) is 0 Å². The van der Waals surface area contributed by atoms with Crippen LogP contribution in [-0.4, -0.2) is 11.0 Å². The summed E-state index contributed by atoms with van der Waals surface area (Å²) in [6.45, 7) is 3.72. The molecule has 0 radical (unpaired) electrons. The molecule has 6 nitrogen and oxygen atoms in total. The molecule has 0 aliphatic heterocycles. The van der Waals surface area contributed by atoms with Gasteiger partial charge in [-0.05, 0) is 25.4 Å². The Bertz CT molecular complexity index is 674. The van der Waals surface area contributed by atoms with Crippen molar-refractivity contribution in [3.63, 3.8) is 0 Å². The summed E-state index contributed by atoms with van der Waals surface area (Å²) in [6.07, 6.45) is 0. The summed E-state index contributed by atoms with van der Waals surface area (Å²) in [5.41, 5.74) is -1.51. The van der Waals surface area contributed by atoms with E-state index in [0.717, 1.165) is 0 Å². The van der Waals surface area contributed by atoms with Crippen molar-refractivity contribution in [2.75, 3.05) is 5.32 Å². The lowest BCUT2D eigenvalue weighted by atomic mass is 10.3. The molecule has 2 aromatic rings. The standard InChI is InChI=1S/C10H9ClN2O4/c1-4(2)12-10-13-8(14)7-5(16-10)3-6(11)17-9(7)15/h3-4H,1-2H3,(H,12,13,14). The molecule has 0 atom stereocenters. The fraction of sp³-hybridized carbons (Fsp3) is 0.300. The highest BCUT2D eigenvalue weighted by Crippen LogP contribution is 2.15. The zero-order valence-corrected chi connectivity index (χ0v) is 9.87. The molecule has 2 aromatic heterocycles. The highest BCUT2D eigenvalue weighted by atomic mass is 35.5. The van der Waals surface area contributed by atoms with Crippen LogP contribution in [0.3, 0.4) is 0 Å². The lowest BCUT2D eigenvalue weighted by molar-refractivity contribution is 0.509. The molecular weight excluding hydrogens is 248 g/mol. The summed E-state index contributed by atoms with van der Waals surface area (Å²) in [7, 11) is 0. The lowest BCUT2D eigenvalue weighted by Crippen LogP contribution is -2.19. The zero-order valence-electron chi connectivity index (χ0n) is 9.11. The first kappa shape index (κ1) is 11.7. The number of anilines is 1. The number of halogens is 1. The molecule has 2 rings (SSSR count). The zero-order chi connectivity index (χ0) is 12.6. The number of hydrogen-bond acceptors (Lipinski definition) is 6. The third-order valence-corrected chi connectivity index (χ3v) is 2.11. The van der Waals surface area contributed by atoms with Crippen molar-refractivity contribution < 1.29 is 8.83 Å². The second kappa shape index (κ2) is 4.21. The smallest absolute Gasteiger partial charge is 0.353 e. The summed E-state index contributed by atoms with van der Waals surface area (Å²) in [4.78, 5) is 26.6. The first-order valence-corrected chi connectivity index (χ1v) is 5.26.